The van der Waals surface area contributed by atoms with Crippen molar-refractivity contribution in [3.05, 3.63) is 23.7 Å². The maximum atomic E-state index is 13.1. The van der Waals surface area contributed by atoms with E-state index in [-0.39, 0.29) is 16.5 Å². The van der Waals surface area contributed by atoms with E-state index < -0.39 is 47.2 Å². The number of nitrogens with zero attached hydrogens (tertiary/aromatic N) is 5. The van der Waals surface area contributed by atoms with Crippen molar-refractivity contribution in [1.29, 1.82) is 0 Å². The van der Waals surface area contributed by atoms with Crippen LogP contribution in [0.25, 0.3) is 0 Å². The Balaban J connectivity index is 1.79. The number of hydrogen-bond acceptors (Lipinski definition) is 11. The van der Waals surface area contributed by atoms with Gasteiger partial charge < -0.3 is 29.9 Å². The van der Waals surface area contributed by atoms with Crippen molar-refractivity contribution >= 4 is 46.1 Å². The molecule has 15 nitrogen and oxygen atoms in total. The van der Waals surface area contributed by atoms with Crippen molar-refractivity contribution in [3.63, 3.8) is 0 Å². The Morgan fingerprint density at radius 2 is 1.89 bits per heavy atom. The molecule has 1 aliphatic heterocycles. The summed E-state index contributed by atoms with van der Waals surface area (Å²) in [5.41, 5.74) is -2.90. The molecular formula is C20H26N8O7S. The topological polar surface area (TPSA) is 199 Å². The molecule has 2 aromatic rings. The fourth-order valence-electron chi connectivity index (χ4n) is 2.75. The third kappa shape index (κ3) is 6.74. The second-order valence-electron chi connectivity index (χ2n) is 9.24. The van der Waals surface area contributed by atoms with Gasteiger partial charge in [0.2, 0.25) is 11.5 Å². The molecule has 3 heterocycles. The maximum Gasteiger partial charge on any atom is 0.413 e. The summed E-state index contributed by atoms with van der Waals surface area (Å²) in [6.07, 6.45) is 2.18. The van der Waals surface area contributed by atoms with E-state index in [9.17, 15) is 24.3 Å². The number of nitrogens with one attached hydrogen (secondary N) is 3. The molecule has 0 spiro atoms. The van der Waals surface area contributed by atoms with E-state index in [2.05, 4.69) is 36.3 Å². The monoisotopic (exact) mass is 522 g/mol. The summed E-state index contributed by atoms with van der Waals surface area (Å²) >= 11 is 0.979. The van der Waals surface area contributed by atoms with Crippen LogP contribution < -0.4 is 16.0 Å². The van der Waals surface area contributed by atoms with Crippen molar-refractivity contribution in [2.75, 3.05) is 5.32 Å². The highest BCUT2D eigenvalue weighted by Gasteiger charge is 2.41. The predicted octanol–water partition coefficient (Wildman–Crippen LogP) is 0.349. The predicted molar refractivity (Wildman–Crippen MR) is 125 cm³/mol. The van der Waals surface area contributed by atoms with Gasteiger partial charge in [-0.15, -0.1) is 21.5 Å². The van der Waals surface area contributed by atoms with E-state index in [1.165, 1.54) is 31.9 Å². The summed E-state index contributed by atoms with van der Waals surface area (Å²) in [6.45, 7) is 7.90. The van der Waals surface area contributed by atoms with Crippen LogP contribution in [0.5, 0.6) is 0 Å². The number of aliphatic carboxylic acids is 1. The van der Waals surface area contributed by atoms with Crippen LogP contribution in [0.4, 0.5) is 9.93 Å². The summed E-state index contributed by atoms with van der Waals surface area (Å²) in [4.78, 5) is 58.0. The second-order valence-corrected chi connectivity index (χ2v) is 10.1. The first kappa shape index (κ1) is 26.5. The lowest BCUT2D eigenvalue weighted by Crippen LogP contribution is -2.70. The van der Waals surface area contributed by atoms with Crippen molar-refractivity contribution in [1.82, 2.24) is 30.4 Å². The average Bonchev–Trinajstić information content (AvgIpc) is 3.43. The molecule has 194 valence electrons. The highest BCUT2D eigenvalue weighted by molar-refractivity contribution is 7.14. The van der Waals surface area contributed by atoms with E-state index in [0.29, 0.717) is 6.54 Å². The van der Waals surface area contributed by atoms with Gasteiger partial charge in [0.25, 0.3) is 5.91 Å². The number of carbonyl (C=O) groups is 4. The third-order valence-corrected chi connectivity index (χ3v) is 5.38. The van der Waals surface area contributed by atoms with Crippen LogP contribution >= 0.6 is 11.3 Å². The molecule has 3 amide bonds. The first-order valence-electron chi connectivity index (χ1n) is 10.6. The van der Waals surface area contributed by atoms with E-state index in [4.69, 9.17) is 9.57 Å². The standard InChI is InChI=1S/C20H26N8O7S/c1-19(2,3)34-18(33)26-17-24-11(7-36-17)13(27-35-20(4,5)16(31)32)15(30)25-12-10(23-14(12)29)6-28-8-21-22-9-28/h7-10,12H,6H2,1-5H3,(H,23,29)(H,25,30)(H,31,32)(H,24,26,33)/t10-,12-/m0/s1. The maximum absolute atomic E-state index is 13.1. The lowest BCUT2D eigenvalue weighted by molar-refractivity contribution is -0.161. The van der Waals surface area contributed by atoms with Gasteiger partial charge in [-0.25, -0.2) is 14.6 Å². The van der Waals surface area contributed by atoms with Gasteiger partial charge in [0.05, 0.1) is 6.04 Å². The quantitative estimate of drug-likeness (QED) is 0.202. The van der Waals surface area contributed by atoms with E-state index in [1.54, 1.807) is 25.3 Å². The molecule has 1 saturated heterocycles. The number of ether oxygens (including phenoxy) is 1. The number of hydrogen-bond donors (Lipinski definition) is 4. The highest BCUT2D eigenvalue weighted by Crippen LogP contribution is 2.20. The zero-order valence-electron chi connectivity index (χ0n) is 20.1. The van der Waals surface area contributed by atoms with Crippen LogP contribution in [0.2, 0.25) is 0 Å². The summed E-state index contributed by atoms with van der Waals surface area (Å²) in [6, 6.07) is -1.36. The molecule has 0 radical (unpaired) electrons. The number of carboxylic acids is 1. The lowest BCUT2D eigenvalue weighted by Gasteiger charge is -2.37. The van der Waals surface area contributed by atoms with Crippen molar-refractivity contribution in [2.24, 2.45) is 5.16 Å². The molecule has 0 bridgehead atoms. The molecular weight excluding hydrogens is 496 g/mol. The molecule has 2 atom stereocenters. The number of rotatable bonds is 9. The number of β-lactam (4-membered cyclic amide) rings is 1. The Morgan fingerprint density at radius 1 is 1.22 bits per heavy atom. The smallest absolute Gasteiger partial charge is 0.413 e. The summed E-state index contributed by atoms with van der Waals surface area (Å²) in [5.74, 6) is -2.57. The Bertz CT molecular complexity index is 1170. The number of thiazole rings is 1. The van der Waals surface area contributed by atoms with Crippen LogP contribution in [-0.4, -0.2) is 77.7 Å². The van der Waals surface area contributed by atoms with Crippen LogP contribution in [0.3, 0.4) is 0 Å². The lowest BCUT2D eigenvalue weighted by atomic mass is 9.98. The van der Waals surface area contributed by atoms with Gasteiger partial charge in [0, 0.05) is 11.9 Å². The molecule has 4 N–H and O–H groups in total. The Hall–Kier alpha value is -4.08. The molecule has 16 heteroatoms. The minimum absolute atomic E-state index is 0.0140. The number of anilines is 1. The summed E-state index contributed by atoms with van der Waals surface area (Å²) in [7, 11) is 0. The van der Waals surface area contributed by atoms with Gasteiger partial charge in [-0.2, -0.15) is 0 Å². The first-order chi connectivity index (χ1) is 16.7. The average molecular weight is 523 g/mol. The summed E-state index contributed by atoms with van der Waals surface area (Å²) < 4.78 is 6.81. The van der Waals surface area contributed by atoms with Gasteiger partial charge >= 0.3 is 12.1 Å². The number of amides is 3. The molecule has 0 unspecified atom stereocenters. The zero-order valence-corrected chi connectivity index (χ0v) is 21.0. The fourth-order valence-corrected chi connectivity index (χ4v) is 3.43. The minimum Gasteiger partial charge on any atom is -0.478 e. The van der Waals surface area contributed by atoms with Crippen LogP contribution in [0.15, 0.2) is 23.2 Å². The van der Waals surface area contributed by atoms with Gasteiger partial charge in [0.1, 0.15) is 30.0 Å². The normalized spacial score (nSPS) is 18.0. The zero-order chi connectivity index (χ0) is 26.7. The second kappa shape index (κ2) is 10.3. The van der Waals surface area contributed by atoms with Gasteiger partial charge in [-0.05, 0) is 34.6 Å². The van der Waals surface area contributed by atoms with Crippen LogP contribution in [0, 0.1) is 0 Å². The molecule has 1 fully saturated rings. The van der Waals surface area contributed by atoms with Gasteiger partial charge in [0.15, 0.2) is 10.8 Å². The Morgan fingerprint density at radius 3 is 2.47 bits per heavy atom. The molecule has 2 aromatic heterocycles. The highest BCUT2D eigenvalue weighted by atomic mass is 32.1. The van der Waals surface area contributed by atoms with E-state index in [1.807, 2.05) is 0 Å². The van der Waals surface area contributed by atoms with Gasteiger partial charge in [-0.3, -0.25) is 14.9 Å². The SMILES string of the molecule is CC(C)(C)OC(=O)Nc1nc(C(=NOC(C)(C)C(=O)O)C(=O)N[C@@H]2C(=O)N[C@H]2Cn2cnnc2)cs1. The minimum atomic E-state index is -1.76. The third-order valence-electron chi connectivity index (χ3n) is 4.62. The van der Waals surface area contributed by atoms with Crippen LogP contribution in [0.1, 0.15) is 40.3 Å². The molecule has 0 aliphatic carbocycles. The number of aromatic nitrogens is 4. The fraction of sp³-hybridized carbons (Fsp3) is 0.500. The molecule has 36 heavy (non-hydrogen) atoms. The number of carboxylic acid groups (broad SMARTS) is 1. The Kier molecular flexibility index (Phi) is 7.57. The molecule has 3 rings (SSSR count). The Labute approximate surface area is 209 Å². The molecule has 1 aliphatic rings. The summed E-state index contributed by atoms with van der Waals surface area (Å²) in [5, 5.41) is 29.6. The van der Waals surface area contributed by atoms with Crippen LogP contribution in [-0.2, 0) is 30.5 Å². The van der Waals surface area contributed by atoms with Gasteiger partial charge in [-0.1, -0.05) is 5.16 Å². The first-order valence-corrected chi connectivity index (χ1v) is 11.5. The number of oxime groups is 1. The van der Waals surface area contributed by atoms with E-state index in [0.717, 1.165) is 11.3 Å². The van der Waals surface area contributed by atoms with Crippen molar-refractivity contribution in [2.45, 2.75) is 64.4 Å². The molecule has 0 aromatic carbocycles. The largest absolute Gasteiger partial charge is 0.478 e. The van der Waals surface area contributed by atoms with Crippen molar-refractivity contribution in [3.8, 4) is 0 Å². The van der Waals surface area contributed by atoms with E-state index >= 15 is 0 Å². The van der Waals surface area contributed by atoms with Crippen molar-refractivity contribution < 1.29 is 33.9 Å². The molecule has 0 saturated carbocycles. The number of carbonyl (C=O) groups excluding carboxylic acids is 3.